The monoisotopic (exact) mass is 232 g/mol. The van der Waals surface area contributed by atoms with Gasteiger partial charge in [0, 0.05) is 18.3 Å². The molecular formula is C18H16. The first-order valence-electron chi connectivity index (χ1n) is 6.23. The van der Waals surface area contributed by atoms with Crippen LogP contribution in [0.4, 0.5) is 0 Å². The molecule has 0 heterocycles. The van der Waals surface area contributed by atoms with Gasteiger partial charge in [0.2, 0.25) is 0 Å². The van der Waals surface area contributed by atoms with E-state index in [-0.39, 0.29) is 5.92 Å². The number of terminal acetylenes is 3. The molecule has 2 atom stereocenters. The van der Waals surface area contributed by atoms with E-state index in [0.717, 1.165) is 19.3 Å². The highest BCUT2D eigenvalue weighted by atomic mass is 14.2. The zero-order chi connectivity index (χ0) is 13.0. The molecule has 0 amide bonds. The second-order valence-electron chi connectivity index (χ2n) is 4.85. The summed E-state index contributed by atoms with van der Waals surface area (Å²) in [5.74, 6) is 8.75. The molecule has 2 unspecified atom stereocenters. The fraction of sp³-hybridized carbons (Fsp3) is 0.333. The molecule has 0 fully saturated rings. The molecule has 1 aliphatic carbocycles. The van der Waals surface area contributed by atoms with Crippen LogP contribution in [0.3, 0.4) is 0 Å². The van der Waals surface area contributed by atoms with E-state index in [2.05, 4.69) is 36.0 Å². The molecule has 88 valence electrons. The van der Waals surface area contributed by atoms with Gasteiger partial charge in [-0.1, -0.05) is 18.2 Å². The third-order valence-corrected chi connectivity index (χ3v) is 3.52. The molecule has 0 saturated carbocycles. The molecule has 1 aromatic carbocycles. The van der Waals surface area contributed by atoms with Crippen molar-refractivity contribution in [1.29, 1.82) is 0 Å². The van der Waals surface area contributed by atoms with Crippen molar-refractivity contribution in [1.82, 2.24) is 0 Å². The first kappa shape index (κ1) is 12.4. The largest absolute Gasteiger partial charge is 0.120 e. The fourth-order valence-electron chi connectivity index (χ4n) is 2.53. The Morgan fingerprint density at radius 1 is 1.17 bits per heavy atom. The van der Waals surface area contributed by atoms with Crippen molar-refractivity contribution in [2.45, 2.75) is 25.7 Å². The lowest BCUT2D eigenvalue weighted by Gasteiger charge is -2.09. The lowest BCUT2D eigenvalue weighted by molar-refractivity contribution is 0.694. The summed E-state index contributed by atoms with van der Waals surface area (Å²) in [5, 5.41) is 0. The maximum Gasteiger partial charge on any atom is 0.0349 e. The van der Waals surface area contributed by atoms with Crippen LogP contribution in [-0.2, 0) is 19.3 Å². The van der Waals surface area contributed by atoms with Gasteiger partial charge in [-0.15, -0.1) is 37.0 Å². The van der Waals surface area contributed by atoms with Crippen LogP contribution < -0.4 is 0 Å². The summed E-state index contributed by atoms with van der Waals surface area (Å²) in [4.78, 5) is 0. The topological polar surface area (TPSA) is 0 Å². The third-order valence-electron chi connectivity index (χ3n) is 3.52. The van der Waals surface area contributed by atoms with Gasteiger partial charge in [0.1, 0.15) is 0 Å². The van der Waals surface area contributed by atoms with Crippen LogP contribution in [-0.4, -0.2) is 0 Å². The molecule has 0 aromatic heterocycles. The van der Waals surface area contributed by atoms with Crippen LogP contribution in [0.25, 0.3) is 0 Å². The first-order chi connectivity index (χ1) is 8.76. The highest BCUT2D eigenvalue weighted by Crippen LogP contribution is 2.28. The maximum absolute atomic E-state index is 5.49. The minimum absolute atomic E-state index is 0.137. The van der Waals surface area contributed by atoms with Crippen molar-refractivity contribution in [3.63, 3.8) is 0 Å². The number of benzene rings is 1. The van der Waals surface area contributed by atoms with Gasteiger partial charge in [-0.25, -0.2) is 0 Å². The predicted molar refractivity (Wildman–Crippen MR) is 75.7 cm³/mol. The van der Waals surface area contributed by atoms with Crippen molar-refractivity contribution >= 4 is 0 Å². The van der Waals surface area contributed by atoms with E-state index >= 15 is 0 Å². The van der Waals surface area contributed by atoms with Crippen molar-refractivity contribution in [3.05, 3.63) is 34.9 Å². The molecule has 0 heteroatoms. The smallest absolute Gasteiger partial charge is 0.0349 e. The normalized spacial score (nSPS) is 18.2. The standard InChI is InChI=1S/C18H16/c1-4-7-14(5-2)10-16-8-9-17-11-15(6-3)12-18(17)13-16/h1-3,8-9,13-15H,7,10-12H2. The number of hydrogen-bond donors (Lipinski definition) is 0. The SMILES string of the molecule is C#CCC(C#C)Cc1ccc2c(c1)CC(C#C)C2. The highest BCUT2D eigenvalue weighted by molar-refractivity contribution is 5.38. The van der Waals surface area contributed by atoms with Crippen LogP contribution >= 0.6 is 0 Å². The summed E-state index contributed by atoms with van der Waals surface area (Å²) in [6, 6.07) is 6.58. The first-order valence-corrected chi connectivity index (χ1v) is 6.23. The van der Waals surface area contributed by atoms with E-state index in [9.17, 15) is 0 Å². The average molecular weight is 232 g/mol. The number of fused-ring (bicyclic) bond motifs is 1. The minimum atomic E-state index is 0.137. The minimum Gasteiger partial charge on any atom is -0.120 e. The summed E-state index contributed by atoms with van der Waals surface area (Å²) in [7, 11) is 0. The van der Waals surface area contributed by atoms with E-state index in [1.165, 1.54) is 16.7 Å². The quantitative estimate of drug-likeness (QED) is 0.703. The summed E-state index contributed by atoms with van der Waals surface area (Å²) >= 11 is 0. The Morgan fingerprint density at radius 2 is 1.94 bits per heavy atom. The molecule has 0 aliphatic heterocycles. The zero-order valence-corrected chi connectivity index (χ0v) is 10.4. The van der Waals surface area contributed by atoms with Gasteiger partial charge in [-0.3, -0.25) is 0 Å². The fourth-order valence-corrected chi connectivity index (χ4v) is 2.53. The average Bonchev–Trinajstić information content (AvgIpc) is 2.80. The van der Waals surface area contributed by atoms with Crippen molar-refractivity contribution in [2.75, 3.05) is 0 Å². The number of hydrogen-bond acceptors (Lipinski definition) is 0. The Balaban J connectivity index is 2.13. The summed E-state index contributed by atoms with van der Waals surface area (Å²) in [6.07, 6.45) is 19.8. The molecule has 1 aliphatic rings. The van der Waals surface area contributed by atoms with Gasteiger partial charge in [-0.2, -0.15) is 0 Å². The third kappa shape index (κ3) is 2.59. The number of rotatable bonds is 3. The highest BCUT2D eigenvalue weighted by Gasteiger charge is 2.19. The van der Waals surface area contributed by atoms with Crippen molar-refractivity contribution in [2.24, 2.45) is 11.8 Å². The predicted octanol–water partition coefficient (Wildman–Crippen LogP) is 2.85. The second-order valence-corrected chi connectivity index (χ2v) is 4.85. The van der Waals surface area contributed by atoms with Crippen LogP contribution in [0, 0.1) is 48.9 Å². The summed E-state index contributed by atoms with van der Waals surface area (Å²) < 4.78 is 0. The Morgan fingerprint density at radius 3 is 2.61 bits per heavy atom. The molecule has 1 aromatic rings. The van der Waals surface area contributed by atoms with Crippen LogP contribution in [0.2, 0.25) is 0 Å². The van der Waals surface area contributed by atoms with Crippen molar-refractivity contribution < 1.29 is 0 Å². The molecule has 0 bridgehead atoms. The molecule has 0 spiro atoms. The van der Waals surface area contributed by atoms with E-state index < -0.39 is 0 Å². The van der Waals surface area contributed by atoms with Crippen LogP contribution in [0.5, 0.6) is 0 Å². The summed E-state index contributed by atoms with van der Waals surface area (Å²) in [6.45, 7) is 0. The molecule has 0 radical (unpaired) electrons. The summed E-state index contributed by atoms with van der Waals surface area (Å²) in [5.41, 5.74) is 4.03. The van der Waals surface area contributed by atoms with Gasteiger partial charge in [-0.05, 0) is 36.0 Å². The zero-order valence-electron chi connectivity index (χ0n) is 10.4. The molecule has 0 N–H and O–H groups in total. The lowest BCUT2D eigenvalue weighted by atomic mass is 9.95. The van der Waals surface area contributed by atoms with Crippen molar-refractivity contribution in [3.8, 4) is 37.0 Å². The molecular weight excluding hydrogens is 216 g/mol. The van der Waals surface area contributed by atoms with Gasteiger partial charge >= 0.3 is 0 Å². The Hall–Kier alpha value is -2.10. The van der Waals surface area contributed by atoms with E-state index in [4.69, 9.17) is 19.3 Å². The van der Waals surface area contributed by atoms with Gasteiger partial charge in [0.05, 0.1) is 0 Å². The Bertz CT molecular complexity index is 557. The van der Waals surface area contributed by atoms with Crippen LogP contribution in [0.1, 0.15) is 23.1 Å². The lowest BCUT2D eigenvalue weighted by Crippen LogP contribution is -2.01. The second kappa shape index (κ2) is 5.49. The molecule has 0 nitrogen and oxygen atoms in total. The molecule has 2 rings (SSSR count). The molecule has 18 heavy (non-hydrogen) atoms. The Labute approximate surface area is 110 Å². The van der Waals surface area contributed by atoms with E-state index in [1.807, 2.05) is 0 Å². The van der Waals surface area contributed by atoms with E-state index in [1.54, 1.807) is 0 Å². The molecule has 0 saturated heterocycles. The maximum atomic E-state index is 5.49. The van der Waals surface area contributed by atoms with E-state index in [0.29, 0.717) is 12.3 Å². The van der Waals surface area contributed by atoms with Gasteiger partial charge < -0.3 is 0 Å². The van der Waals surface area contributed by atoms with Gasteiger partial charge in [0.25, 0.3) is 0 Å². The van der Waals surface area contributed by atoms with Crippen LogP contribution in [0.15, 0.2) is 18.2 Å². The van der Waals surface area contributed by atoms with Gasteiger partial charge in [0.15, 0.2) is 0 Å². The Kier molecular flexibility index (Phi) is 3.77.